The Hall–Kier alpha value is -3.71. The highest BCUT2D eigenvalue weighted by Gasteiger charge is 2.19. The number of rotatable bonds is 4. The highest BCUT2D eigenvalue weighted by atomic mass is 16.3. The Balaban J connectivity index is 2.14. The van der Waals surface area contributed by atoms with Gasteiger partial charge in [-0.25, -0.2) is 0 Å². The van der Waals surface area contributed by atoms with Crippen molar-refractivity contribution in [2.45, 2.75) is 0 Å². The molecule has 1 N–H and O–H groups in total. The number of benzene rings is 2. The van der Waals surface area contributed by atoms with Gasteiger partial charge in [0.05, 0.1) is 5.69 Å². The number of ketones is 1. The van der Waals surface area contributed by atoms with E-state index >= 15 is 0 Å². The Morgan fingerprint density at radius 1 is 0.880 bits per heavy atom. The fourth-order valence-electron chi connectivity index (χ4n) is 2.51. The standard InChI is InChI=1S/C21H14N2O2/c22-14-18(19-12-6-7-13-23-19)21(25)17-11-5-4-10-16(17)20(24)15-8-2-1-3-9-15/h1-13,25H/b21-18-. The fraction of sp³-hybridized carbons (Fsp3) is 0. The number of carbonyl (C=O) groups is 1. The van der Waals surface area contributed by atoms with Crippen LogP contribution in [-0.2, 0) is 0 Å². The average Bonchev–Trinajstić information content (AvgIpc) is 2.69. The van der Waals surface area contributed by atoms with E-state index in [-0.39, 0.29) is 17.1 Å². The van der Waals surface area contributed by atoms with Crippen LogP contribution in [0.1, 0.15) is 27.2 Å². The first kappa shape index (κ1) is 16.2. The van der Waals surface area contributed by atoms with E-state index in [2.05, 4.69) is 4.98 Å². The van der Waals surface area contributed by atoms with Crippen LogP contribution in [0.4, 0.5) is 0 Å². The lowest BCUT2D eigenvalue weighted by atomic mass is 9.95. The predicted molar refractivity (Wildman–Crippen MR) is 95.6 cm³/mol. The quantitative estimate of drug-likeness (QED) is 0.441. The van der Waals surface area contributed by atoms with Crippen LogP contribution in [0, 0.1) is 11.3 Å². The number of carbonyl (C=O) groups excluding carboxylic acids is 1. The van der Waals surface area contributed by atoms with Crippen LogP contribution in [0.5, 0.6) is 0 Å². The molecule has 0 bridgehead atoms. The zero-order valence-electron chi connectivity index (χ0n) is 13.3. The van der Waals surface area contributed by atoms with Crippen molar-refractivity contribution in [3.05, 3.63) is 101 Å². The highest BCUT2D eigenvalue weighted by Crippen LogP contribution is 2.26. The molecule has 0 saturated carbocycles. The third-order valence-corrected chi connectivity index (χ3v) is 3.73. The molecule has 0 radical (unpaired) electrons. The molecule has 3 aromatic rings. The molecule has 25 heavy (non-hydrogen) atoms. The van der Waals surface area contributed by atoms with Crippen molar-refractivity contribution in [3.63, 3.8) is 0 Å². The first-order chi connectivity index (χ1) is 12.2. The van der Waals surface area contributed by atoms with Crippen molar-refractivity contribution >= 4 is 17.1 Å². The van der Waals surface area contributed by atoms with Gasteiger partial charge in [0.2, 0.25) is 0 Å². The monoisotopic (exact) mass is 326 g/mol. The summed E-state index contributed by atoms with van der Waals surface area (Å²) in [6, 6.07) is 22.6. The Morgan fingerprint density at radius 2 is 1.52 bits per heavy atom. The fourth-order valence-corrected chi connectivity index (χ4v) is 2.51. The smallest absolute Gasteiger partial charge is 0.193 e. The van der Waals surface area contributed by atoms with Gasteiger partial charge in [0.25, 0.3) is 0 Å². The summed E-state index contributed by atoms with van der Waals surface area (Å²) in [6.45, 7) is 0. The largest absolute Gasteiger partial charge is 0.506 e. The molecule has 3 rings (SSSR count). The highest BCUT2D eigenvalue weighted by molar-refractivity contribution is 6.12. The second-order valence-corrected chi connectivity index (χ2v) is 5.29. The van der Waals surface area contributed by atoms with Crippen molar-refractivity contribution in [2.24, 2.45) is 0 Å². The molecule has 0 aliphatic carbocycles. The number of pyridine rings is 1. The molecule has 4 heteroatoms. The van der Waals surface area contributed by atoms with E-state index in [0.717, 1.165) is 0 Å². The molecule has 0 spiro atoms. The average molecular weight is 326 g/mol. The van der Waals surface area contributed by atoms with Crippen LogP contribution >= 0.6 is 0 Å². The number of aliphatic hydroxyl groups is 1. The lowest BCUT2D eigenvalue weighted by Crippen LogP contribution is -2.06. The summed E-state index contributed by atoms with van der Waals surface area (Å²) in [4.78, 5) is 16.9. The van der Waals surface area contributed by atoms with Crippen LogP contribution in [0.3, 0.4) is 0 Å². The third-order valence-electron chi connectivity index (χ3n) is 3.73. The summed E-state index contributed by atoms with van der Waals surface area (Å²) < 4.78 is 0. The molecule has 0 unspecified atom stereocenters. The molecule has 0 aliphatic heterocycles. The number of nitrogens with zero attached hydrogens (tertiary/aromatic N) is 2. The number of aromatic nitrogens is 1. The van der Waals surface area contributed by atoms with Gasteiger partial charge in [-0.1, -0.05) is 60.7 Å². The zero-order chi connectivity index (χ0) is 17.6. The third kappa shape index (κ3) is 3.31. The first-order valence-electron chi connectivity index (χ1n) is 7.66. The SMILES string of the molecule is N#C/C(=C(/O)c1ccccc1C(=O)c1ccccc1)c1ccccn1. The molecule has 0 atom stereocenters. The normalized spacial score (nSPS) is 11.3. The summed E-state index contributed by atoms with van der Waals surface area (Å²) in [5.41, 5.74) is 1.52. The van der Waals surface area contributed by atoms with Crippen molar-refractivity contribution in [1.82, 2.24) is 4.98 Å². The minimum atomic E-state index is -0.263. The first-order valence-corrected chi connectivity index (χ1v) is 7.66. The molecule has 0 fully saturated rings. The Labute approximate surface area is 145 Å². The second kappa shape index (κ2) is 7.24. The van der Waals surface area contributed by atoms with Gasteiger partial charge >= 0.3 is 0 Å². The second-order valence-electron chi connectivity index (χ2n) is 5.29. The summed E-state index contributed by atoms with van der Waals surface area (Å²) >= 11 is 0. The molecular weight excluding hydrogens is 312 g/mol. The van der Waals surface area contributed by atoms with Gasteiger partial charge in [0.15, 0.2) is 5.78 Å². The number of hydrogen-bond acceptors (Lipinski definition) is 4. The molecule has 1 aromatic heterocycles. The van der Waals surface area contributed by atoms with Gasteiger partial charge in [-0.3, -0.25) is 9.78 Å². The summed E-state index contributed by atoms with van der Waals surface area (Å²) in [6.07, 6.45) is 1.54. The van der Waals surface area contributed by atoms with E-state index in [1.54, 1.807) is 72.9 Å². The molecule has 120 valence electrons. The Bertz CT molecular complexity index is 972. The minimum Gasteiger partial charge on any atom is -0.506 e. The van der Waals surface area contributed by atoms with E-state index in [1.165, 1.54) is 0 Å². The van der Waals surface area contributed by atoms with Crippen LogP contribution < -0.4 is 0 Å². The lowest BCUT2D eigenvalue weighted by molar-refractivity contribution is 0.103. The van der Waals surface area contributed by atoms with E-state index in [9.17, 15) is 15.2 Å². The molecular formula is C21H14N2O2. The minimum absolute atomic E-state index is 0.0221. The number of nitriles is 1. The molecule has 0 aliphatic rings. The molecule has 2 aromatic carbocycles. The summed E-state index contributed by atoms with van der Waals surface area (Å²) in [5.74, 6) is -0.484. The van der Waals surface area contributed by atoms with Gasteiger partial charge in [0, 0.05) is 22.9 Å². The van der Waals surface area contributed by atoms with E-state index < -0.39 is 0 Å². The van der Waals surface area contributed by atoms with E-state index in [1.807, 2.05) is 12.1 Å². The maximum atomic E-state index is 12.8. The van der Waals surface area contributed by atoms with Gasteiger partial charge in [-0.2, -0.15) is 5.26 Å². The molecule has 4 nitrogen and oxygen atoms in total. The maximum Gasteiger partial charge on any atom is 0.193 e. The number of hydrogen-bond donors (Lipinski definition) is 1. The van der Waals surface area contributed by atoms with Gasteiger partial charge < -0.3 is 5.11 Å². The number of allylic oxidation sites excluding steroid dienone is 1. The van der Waals surface area contributed by atoms with Crippen molar-refractivity contribution in [1.29, 1.82) is 5.26 Å². The van der Waals surface area contributed by atoms with E-state index in [0.29, 0.717) is 22.4 Å². The maximum absolute atomic E-state index is 12.8. The number of aliphatic hydroxyl groups excluding tert-OH is 1. The van der Waals surface area contributed by atoms with Crippen LogP contribution in [0.15, 0.2) is 79.0 Å². The van der Waals surface area contributed by atoms with Gasteiger partial charge in [0.1, 0.15) is 17.4 Å². The van der Waals surface area contributed by atoms with Gasteiger partial charge in [-0.05, 0) is 12.1 Å². The molecule has 0 saturated heterocycles. The summed E-state index contributed by atoms with van der Waals surface area (Å²) in [5, 5.41) is 20.1. The van der Waals surface area contributed by atoms with Crippen LogP contribution in [0.25, 0.3) is 11.3 Å². The topological polar surface area (TPSA) is 74.0 Å². The lowest BCUT2D eigenvalue weighted by Gasteiger charge is -2.10. The van der Waals surface area contributed by atoms with Crippen LogP contribution in [-0.4, -0.2) is 15.9 Å². The molecule has 1 heterocycles. The summed E-state index contributed by atoms with van der Waals surface area (Å²) in [7, 11) is 0. The van der Waals surface area contributed by atoms with Crippen molar-refractivity contribution in [2.75, 3.05) is 0 Å². The predicted octanol–water partition coefficient (Wildman–Crippen LogP) is 4.26. The Kier molecular flexibility index (Phi) is 4.68. The van der Waals surface area contributed by atoms with Crippen LogP contribution in [0.2, 0.25) is 0 Å². The van der Waals surface area contributed by atoms with E-state index in [4.69, 9.17) is 0 Å². The van der Waals surface area contributed by atoms with Crippen molar-refractivity contribution in [3.8, 4) is 6.07 Å². The van der Waals surface area contributed by atoms with Gasteiger partial charge in [-0.15, -0.1) is 0 Å². The van der Waals surface area contributed by atoms with Crippen molar-refractivity contribution < 1.29 is 9.90 Å². The zero-order valence-corrected chi connectivity index (χ0v) is 13.3. The Morgan fingerprint density at radius 3 is 2.16 bits per heavy atom. The molecule has 0 amide bonds.